The summed E-state index contributed by atoms with van der Waals surface area (Å²) in [5.41, 5.74) is 5.99. The molecule has 0 aliphatic carbocycles. The molecule has 7 nitrogen and oxygen atoms in total. The molecule has 0 spiro atoms. The molecule has 3 N–H and O–H groups in total. The van der Waals surface area contributed by atoms with E-state index >= 15 is 0 Å². The van der Waals surface area contributed by atoms with Crippen LogP contribution < -0.4 is 20.5 Å². The summed E-state index contributed by atoms with van der Waals surface area (Å²) in [5, 5.41) is 2.90. The number of carbonyl (C=O) groups excluding carboxylic acids is 1. The highest BCUT2D eigenvalue weighted by Gasteiger charge is 2.36. The van der Waals surface area contributed by atoms with Gasteiger partial charge in [0.15, 0.2) is 11.5 Å². The van der Waals surface area contributed by atoms with E-state index in [1.807, 2.05) is 0 Å². The Morgan fingerprint density at radius 1 is 1.27 bits per heavy atom. The zero-order valence-corrected chi connectivity index (χ0v) is 16.0. The second-order valence-corrected chi connectivity index (χ2v) is 6.46. The Morgan fingerprint density at radius 2 is 1.96 bits per heavy atom. The van der Waals surface area contributed by atoms with Gasteiger partial charge in [0, 0.05) is 31.5 Å². The molecule has 1 heterocycles. The van der Waals surface area contributed by atoms with Crippen LogP contribution in [0.5, 0.6) is 11.5 Å². The van der Waals surface area contributed by atoms with E-state index in [0.717, 1.165) is 19.6 Å². The van der Waals surface area contributed by atoms with E-state index in [0.29, 0.717) is 49.8 Å². The fraction of sp³-hybridized carbons (Fsp3) is 0.632. The molecule has 0 atom stereocenters. The lowest BCUT2D eigenvalue weighted by atomic mass is 9.90. The molecule has 0 aromatic heterocycles. The molecule has 0 radical (unpaired) electrons. The topological polar surface area (TPSA) is 86.1 Å². The maximum Gasteiger partial charge on any atom is 0.244 e. The van der Waals surface area contributed by atoms with Gasteiger partial charge in [0.05, 0.1) is 7.11 Å². The second-order valence-electron chi connectivity index (χ2n) is 6.46. The van der Waals surface area contributed by atoms with Crippen molar-refractivity contribution in [3.05, 3.63) is 18.2 Å². The van der Waals surface area contributed by atoms with Gasteiger partial charge in [-0.1, -0.05) is 13.8 Å². The smallest absolute Gasteiger partial charge is 0.244 e. The van der Waals surface area contributed by atoms with E-state index < -0.39 is 5.54 Å². The highest BCUT2D eigenvalue weighted by molar-refractivity contribution is 5.98. The number of rotatable bonds is 9. The summed E-state index contributed by atoms with van der Waals surface area (Å²) >= 11 is 0. The monoisotopic (exact) mass is 365 g/mol. The van der Waals surface area contributed by atoms with Crippen LogP contribution >= 0.6 is 0 Å². The molecule has 1 amide bonds. The molecule has 1 aliphatic rings. The number of anilines is 1. The van der Waals surface area contributed by atoms with Gasteiger partial charge in [0.2, 0.25) is 5.91 Å². The Balaban J connectivity index is 2.02. The lowest BCUT2D eigenvalue weighted by molar-refractivity contribution is -0.124. The van der Waals surface area contributed by atoms with Crippen LogP contribution in [0.3, 0.4) is 0 Å². The predicted octanol–water partition coefficient (Wildman–Crippen LogP) is 1.86. The third-order valence-electron chi connectivity index (χ3n) is 4.82. The third kappa shape index (κ3) is 5.33. The van der Waals surface area contributed by atoms with Gasteiger partial charge in [-0.05, 0) is 38.1 Å². The number of nitrogens with zero attached hydrogens (tertiary/aromatic N) is 1. The number of methoxy groups -OCH3 is 1. The van der Waals surface area contributed by atoms with E-state index in [2.05, 4.69) is 24.1 Å². The molecule has 7 heteroatoms. The molecular formula is C19H31N3O4. The van der Waals surface area contributed by atoms with Gasteiger partial charge in [0.1, 0.15) is 12.1 Å². The zero-order valence-electron chi connectivity index (χ0n) is 16.0. The largest absolute Gasteiger partial charge is 0.493 e. The fourth-order valence-electron chi connectivity index (χ4n) is 2.91. The standard InChI is InChI=1S/C19H31N3O4/c1-4-22(5-2)10-13-26-17-14-15(6-7-16(17)24-3)21-18(23)19(20)8-11-25-12-9-19/h6-7,14H,4-5,8-13,20H2,1-3H3,(H,21,23). The minimum atomic E-state index is -0.887. The van der Waals surface area contributed by atoms with Crippen molar-refractivity contribution in [3.8, 4) is 11.5 Å². The van der Waals surface area contributed by atoms with Crippen molar-refractivity contribution >= 4 is 11.6 Å². The summed E-state index contributed by atoms with van der Waals surface area (Å²) in [4.78, 5) is 14.8. The molecular weight excluding hydrogens is 334 g/mol. The summed E-state index contributed by atoms with van der Waals surface area (Å²) in [6.07, 6.45) is 1.03. The zero-order chi connectivity index (χ0) is 19.0. The molecule has 2 rings (SSSR count). The Labute approximate surface area is 155 Å². The third-order valence-corrected chi connectivity index (χ3v) is 4.82. The van der Waals surface area contributed by atoms with Crippen LogP contribution in [0.25, 0.3) is 0 Å². The Kier molecular flexibility index (Phi) is 7.68. The Bertz CT molecular complexity index is 584. The minimum Gasteiger partial charge on any atom is -0.493 e. The number of likely N-dealkylation sites (N-methyl/N-ethyl adjacent to an activating group) is 1. The van der Waals surface area contributed by atoms with E-state index in [9.17, 15) is 4.79 Å². The van der Waals surface area contributed by atoms with Crippen molar-refractivity contribution in [1.29, 1.82) is 0 Å². The van der Waals surface area contributed by atoms with Gasteiger partial charge < -0.3 is 30.2 Å². The molecule has 1 fully saturated rings. The van der Waals surface area contributed by atoms with Crippen LogP contribution in [0, 0.1) is 0 Å². The molecule has 1 saturated heterocycles. The predicted molar refractivity (Wildman–Crippen MR) is 102 cm³/mol. The van der Waals surface area contributed by atoms with Gasteiger partial charge in [-0.25, -0.2) is 0 Å². The molecule has 1 aromatic rings. The number of nitrogens with one attached hydrogen (secondary N) is 1. The number of amides is 1. The fourth-order valence-corrected chi connectivity index (χ4v) is 2.91. The van der Waals surface area contributed by atoms with E-state index in [4.69, 9.17) is 19.9 Å². The van der Waals surface area contributed by atoms with Gasteiger partial charge in [-0.2, -0.15) is 0 Å². The second kappa shape index (κ2) is 9.75. The highest BCUT2D eigenvalue weighted by atomic mass is 16.5. The molecule has 1 aromatic carbocycles. The van der Waals surface area contributed by atoms with Crippen molar-refractivity contribution < 1.29 is 19.0 Å². The Hall–Kier alpha value is -1.83. The van der Waals surface area contributed by atoms with E-state index in [-0.39, 0.29) is 5.91 Å². The number of ether oxygens (including phenoxy) is 3. The number of benzene rings is 1. The lowest BCUT2D eigenvalue weighted by Crippen LogP contribution is -2.54. The number of hydrogen-bond acceptors (Lipinski definition) is 6. The van der Waals surface area contributed by atoms with Gasteiger partial charge >= 0.3 is 0 Å². The van der Waals surface area contributed by atoms with E-state index in [1.165, 1.54) is 0 Å². The average molecular weight is 365 g/mol. The van der Waals surface area contributed by atoms with Crippen molar-refractivity contribution in [2.45, 2.75) is 32.2 Å². The van der Waals surface area contributed by atoms with Crippen LogP contribution in [0.2, 0.25) is 0 Å². The highest BCUT2D eigenvalue weighted by Crippen LogP contribution is 2.31. The van der Waals surface area contributed by atoms with E-state index in [1.54, 1.807) is 25.3 Å². The van der Waals surface area contributed by atoms with Crippen molar-refractivity contribution in [1.82, 2.24) is 4.90 Å². The van der Waals surface area contributed by atoms with Crippen molar-refractivity contribution in [2.24, 2.45) is 5.73 Å². The number of hydrogen-bond donors (Lipinski definition) is 2. The van der Waals surface area contributed by atoms with Crippen LogP contribution in [0.15, 0.2) is 18.2 Å². The first kappa shape index (κ1) is 20.5. The number of carbonyl (C=O) groups is 1. The summed E-state index contributed by atoms with van der Waals surface area (Å²) in [6.45, 7) is 8.61. The minimum absolute atomic E-state index is 0.194. The first-order valence-electron chi connectivity index (χ1n) is 9.23. The summed E-state index contributed by atoms with van der Waals surface area (Å²) in [7, 11) is 1.60. The maximum atomic E-state index is 12.6. The average Bonchev–Trinajstić information content (AvgIpc) is 2.66. The normalized spacial score (nSPS) is 16.3. The van der Waals surface area contributed by atoms with Crippen LogP contribution in [0.4, 0.5) is 5.69 Å². The molecule has 146 valence electrons. The molecule has 0 bridgehead atoms. The Morgan fingerprint density at radius 3 is 2.58 bits per heavy atom. The van der Waals surface area contributed by atoms with Gasteiger partial charge in [-0.15, -0.1) is 0 Å². The summed E-state index contributed by atoms with van der Waals surface area (Å²) < 4.78 is 16.5. The maximum absolute atomic E-state index is 12.6. The first-order chi connectivity index (χ1) is 12.5. The lowest BCUT2D eigenvalue weighted by Gasteiger charge is -2.31. The van der Waals surface area contributed by atoms with Gasteiger partial charge in [-0.3, -0.25) is 4.79 Å². The van der Waals surface area contributed by atoms with Crippen LogP contribution in [0.1, 0.15) is 26.7 Å². The SMILES string of the molecule is CCN(CC)CCOc1cc(NC(=O)C2(N)CCOCC2)ccc1OC. The first-order valence-corrected chi connectivity index (χ1v) is 9.23. The number of nitrogens with two attached hydrogens (primary N) is 1. The van der Waals surface area contributed by atoms with Crippen LogP contribution in [-0.4, -0.2) is 62.9 Å². The molecule has 0 unspecified atom stereocenters. The summed E-state index contributed by atoms with van der Waals surface area (Å²) in [6, 6.07) is 5.36. The molecule has 1 aliphatic heterocycles. The molecule has 0 saturated carbocycles. The van der Waals surface area contributed by atoms with Gasteiger partial charge in [0.25, 0.3) is 0 Å². The summed E-state index contributed by atoms with van der Waals surface area (Å²) in [5.74, 6) is 1.05. The van der Waals surface area contributed by atoms with Crippen molar-refractivity contribution in [3.63, 3.8) is 0 Å². The molecule has 26 heavy (non-hydrogen) atoms. The van der Waals surface area contributed by atoms with Crippen LogP contribution in [-0.2, 0) is 9.53 Å². The van der Waals surface area contributed by atoms with Crippen molar-refractivity contribution in [2.75, 3.05) is 51.9 Å². The quantitative estimate of drug-likeness (QED) is 0.695.